The molecule has 2 aromatic rings. The second-order valence-electron chi connectivity index (χ2n) is 8.46. The van der Waals surface area contributed by atoms with E-state index < -0.39 is 35.9 Å². The van der Waals surface area contributed by atoms with E-state index >= 15 is 0 Å². The molecule has 0 aliphatic rings. The van der Waals surface area contributed by atoms with Gasteiger partial charge in [-0.2, -0.15) is 24.1 Å². The minimum absolute atomic E-state index is 0.101. The van der Waals surface area contributed by atoms with Crippen LogP contribution in [-0.4, -0.2) is 46.9 Å². The van der Waals surface area contributed by atoms with Crippen LogP contribution < -0.4 is 21.7 Å². The first-order valence-electron chi connectivity index (χ1n) is 11.1. The van der Waals surface area contributed by atoms with Crippen LogP contribution in [0.2, 0.25) is 0 Å². The van der Waals surface area contributed by atoms with E-state index in [4.69, 9.17) is 5.11 Å². The van der Waals surface area contributed by atoms with Gasteiger partial charge >= 0.3 is 5.97 Å². The van der Waals surface area contributed by atoms with Crippen LogP contribution in [0.15, 0.2) is 54.6 Å². The average Bonchev–Trinajstić information content (AvgIpc) is 2.78. The summed E-state index contributed by atoms with van der Waals surface area (Å²) in [4.78, 5) is 49.6. The van der Waals surface area contributed by atoms with Crippen LogP contribution in [0.5, 0.6) is 0 Å². The van der Waals surface area contributed by atoms with Gasteiger partial charge in [-0.1, -0.05) is 32.0 Å². The molecule has 3 amide bonds. The summed E-state index contributed by atoms with van der Waals surface area (Å²) in [6.07, 6.45) is 2.18. The number of aliphatic carboxylic acids is 1. The normalized spacial score (nSPS) is 13.3. The maximum absolute atomic E-state index is 13.2. The molecule has 0 spiro atoms. The van der Waals surface area contributed by atoms with Crippen molar-refractivity contribution in [2.45, 2.75) is 45.3 Å². The summed E-state index contributed by atoms with van der Waals surface area (Å²) < 4.78 is 0. The van der Waals surface area contributed by atoms with Crippen molar-refractivity contribution in [1.29, 1.82) is 0 Å². The summed E-state index contributed by atoms with van der Waals surface area (Å²) in [6.45, 7) is 5.31. The highest BCUT2D eigenvalue weighted by Gasteiger charge is 2.25. The number of carbonyl (C=O) groups is 4. The number of hydrogen-bond acceptors (Lipinski definition) is 4. The van der Waals surface area contributed by atoms with Gasteiger partial charge in [0.05, 0.1) is 17.3 Å². The number of carbonyl (C=O) groups excluding carboxylic acids is 3. The Morgan fingerprint density at radius 2 is 1.53 bits per heavy atom. The lowest BCUT2D eigenvalue weighted by molar-refractivity contribution is -0.406. The molecule has 0 heterocycles. The molecule has 7 N–H and O–H groups in total. The molecule has 0 unspecified atom stereocenters. The summed E-state index contributed by atoms with van der Waals surface area (Å²) >= 11 is 0. The smallest absolute Gasteiger partial charge is 0.325 e. The van der Waals surface area contributed by atoms with Crippen molar-refractivity contribution in [1.82, 2.24) is 10.6 Å². The monoisotopic (exact) mass is 468 g/mol. The lowest BCUT2D eigenvalue weighted by Crippen LogP contribution is -2.69. The number of rotatable bonds is 11. The molecule has 0 radical (unpaired) electrons. The molecule has 3 atom stereocenters. The van der Waals surface area contributed by atoms with Crippen molar-refractivity contribution in [3.8, 4) is 0 Å². The number of benzene rings is 2. The van der Waals surface area contributed by atoms with Gasteiger partial charge in [0.1, 0.15) is 6.04 Å². The third kappa shape index (κ3) is 7.93. The summed E-state index contributed by atoms with van der Waals surface area (Å²) in [5, 5.41) is 16.8. The predicted molar refractivity (Wildman–Crippen MR) is 128 cm³/mol. The van der Waals surface area contributed by atoms with E-state index in [0.29, 0.717) is 6.42 Å². The van der Waals surface area contributed by atoms with E-state index in [1.807, 2.05) is 32.0 Å². The molecule has 0 aliphatic carbocycles. The highest BCUT2D eigenvalue weighted by Crippen LogP contribution is 2.17. The first kappa shape index (κ1) is 26.4. The van der Waals surface area contributed by atoms with Crippen molar-refractivity contribution < 1.29 is 30.0 Å². The quantitative estimate of drug-likeness (QED) is 0.314. The van der Waals surface area contributed by atoms with Gasteiger partial charge in [-0.25, -0.2) is 0 Å². The van der Waals surface area contributed by atoms with Gasteiger partial charge in [0.15, 0.2) is 6.04 Å². The van der Waals surface area contributed by atoms with Gasteiger partial charge in [0.2, 0.25) is 5.91 Å². The van der Waals surface area contributed by atoms with Gasteiger partial charge in [-0.3, -0.25) is 19.2 Å². The molecule has 0 saturated carbocycles. The van der Waals surface area contributed by atoms with Crippen molar-refractivity contribution in [3.63, 3.8) is 0 Å². The summed E-state index contributed by atoms with van der Waals surface area (Å²) in [6, 6.07) is 12.6. The number of quaternary nitrogens is 1. The molecule has 0 aliphatic heterocycles. The first-order chi connectivity index (χ1) is 16.1. The lowest BCUT2D eigenvalue weighted by Gasteiger charge is -2.24. The molecule has 0 aromatic heterocycles. The fourth-order valence-electron chi connectivity index (χ4n) is 3.22. The standard InChI is InChI=1S/C25H31N4O5/c1-15(2)13-19(26)23(31)29-21(14-17-9-5-4-6-10-17)24(32)28-20-12-8-7-11-18(20)22(30)27-16(3)25(33)34/h4-12,14-16,19,21H,13,26H2,1-3H3,(H,27,30)(H,28,32)(H,29,31)(H,33,34)/q-1/p+1/t16-,19-,21-/m1/s1. The topological polar surface area (TPSA) is 152 Å². The predicted octanol–water partition coefficient (Wildman–Crippen LogP) is 1.22. The Bertz CT molecular complexity index is 1010. The average molecular weight is 469 g/mol. The fourth-order valence-corrected chi connectivity index (χ4v) is 3.22. The lowest BCUT2D eigenvalue weighted by atomic mass is 10.0. The van der Waals surface area contributed by atoms with Crippen LogP contribution in [-0.2, 0) is 14.4 Å². The summed E-state index contributed by atoms with van der Waals surface area (Å²) in [5.41, 5.74) is 4.92. The van der Waals surface area contributed by atoms with E-state index in [1.54, 1.807) is 30.7 Å². The number of nitrogens with one attached hydrogen (secondary N) is 3. The van der Waals surface area contributed by atoms with Crippen LogP contribution in [0, 0.1) is 12.3 Å². The van der Waals surface area contributed by atoms with E-state index in [1.165, 1.54) is 19.1 Å². The maximum atomic E-state index is 13.2. The Morgan fingerprint density at radius 1 is 0.912 bits per heavy atom. The molecule has 34 heavy (non-hydrogen) atoms. The zero-order valence-corrected chi connectivity index (χ0v) is 19.6. The Morgan fingerprint density at radius 3 is 2.15 bits per heavy atom. The maximum Gasteiger partial charge on any atom is 0.325 e. The minimum atomic E-state index is -1.18. The number of carboxylic acids is 1. The first-order valence-corrected chi connectivity index (χ1v) is 11.1. The summed E-state index contributed by atoms with van der Waals surface area (Å²) in [7, 11) is 0. The van der Waals surface area contributed by atoms with Gasteiger partial charge < -0.3 is 26.8 Å². The summed E-state index contributed by atoms with van der Waals surface area (Å²) in [5.74, 6) is -2.48. The number of amides is 3. The Balaban J connectivity index is 2.24. The number of carboxylic acid groups (broad SMARTS) is 1. The molecule has 2 aromatic carbocycles. The second-order valence-corrected chi connectivity index (χ2v) is 8.46. The second kappa shape index (κ2) is 12.4. The minimum Gasteiger partial charge on any atom is -0.480 e. The van der Waals surface area contributed by atoms with E-state index in [2.05, 4.69) is 21.7 Å². The third-order valence-electron chi connectivity index (χ3n) is 5.01. The van der Waals surface area contributed by atoms with Crippen molar-refractivity contribution >= 4 is 29.4 Å². The van der Waals surface area contributed by atoms with Crippen LogP contribution in [0.4, 0.5) is 5.69 Å². The fraction of sp³-hybridized carbons (Fsp3) is 0.320. The molecule has 0 fully saturated rings. The van der Waals surface area contributed by atoms with Crippen LogP contribution in [0.3, 0.4) is 0 Å². The highest BCUT2D eigenvalue weighted by molar-refractivity contribution is 6.06. The van der Waals surface area contributed by atoms with Crippen molar-refractivity contribution in [3.05, 3.63) is 72.1 Å². The molecule has 9 heteroatoms. The van der Waals surface area contributed by atoms with Crippen molar-refractivity contribution in [2.24, 2.45) is 5.92 Å². The zero-order valence-electron chi connectivity index (χ0n) is 19.6. The van der Waals surface area contributed by atoms with Crippen LogP contribution >= 0.6 is 0 Å². The van der Waals surface area contributed by atoms with E-state index in [9.17, 15) is 19.2 Å². The molecular weight excluding hydrogens is 436 g/mol. The van der Waals surface area contributed by atoms with Crippen LogP contribution in [0.25, 0.3) is 0 Å². The zero-order chi connectivity index (χ0) is 25.3. The SMILES string of the molecule is CC(C)C[C@@H]([NH3+])C(=O)N[C@H]([CH-]c1ccccc1)C(=O)Nc1ccccc1C(=O)N[C@H](C)C(=O)O. The third-order valence-corrected chi connectivity index (χ3v) is 5.01. The van der Waals surface area contributed by atoms with Crippen LogP contribution in [0.1, 0.15) is 43.1 Å². The van der Waals surface area contributed by atoms with Gasteiger partial charge in [0.25, 0.3) is 11.8 Å². The number of anilines is 1. The highest BCUT2D eigenvalue weighted by atomic mass is 16.4. The molecular formula is C25H32N4O5. The Hall–Kier alpha value is -3.85. The van der Waals surface area contributed by atoms with Gasteiger partial charge in [0, 0.05) is 6.42 Å². The Labute approximate surface area is 199 Å². The molecule has 9 nitrogen and oxygen atoms in total. The molecule has 0 bridgehead atoms. The largest absolute Gasteiger partial charge is 0.480 e. The molecule has 2 rings (SSSR count). The molecule has 0 saturated heterocycles. The van der Waals surface area contributed by atoms with Crippen molar-refractivity contribution in [2.75, 3.05) is 5.32 Å². The van der Waals surface area contributed by atoms with E-state index in [0.717, 1.165) is 5.56 Å². The molecule has 182 valence electrons. The van der Waals surface area contributed by atoms with Gasteiger partial charge in [-0.05, 0) is 25.0 Å². The number of para-hydroxylation sites is 1. The van der Waals surface area contributed by atoms with Gasteiger partial charge in [-0.15, -0.1) is 12.1 Å². The van der Waals surface area contributed by atoms with E-state index in [-0.39, 0.29) is 23.1 Å². The number of hydrogen-bond donors (Lipinski definition) is 5. The Kier molecular flexibility index (Phi) is 9.63.